The van der Waals surface area contributed by atoms with Crippen LogP contribution in [0.5, 0.6) is 0 Å². The van der Waals surface area contributed by atoms with E-state index in [0.717, 1.165) is 0 Å². The van der Waals surface area contributed by atoms with E-state index in [1.54, 1.807) is 13.1 Å². The Labute approximate surface area is 122 Å². The Morgan fingerprint density at radius 1 is 1.48 bits per heavy atom. The third-order valence-electron chi connectivity index (χ3n) is 2.68. The van der Waals surface area contributed by atoms with E-state index in [0.29, 0.717) is 5.56 Å². The number of carboxylic acid groups (broad SMARTS) is 1. The SMILES string of the molecule is COCC(O)CN(C)C(=O)NCc1ccc(C(=O)O)nc1. The van der Waals surface area contributed by atoms with Crippen molar-refractivity contribution in [3.05, 3.63) is 29.6 Å². The highest BCUT2D eigenvalue weighted by Gasteiger charge is 2.13. The molecule has 8 heteroatoms. The van der Waals surface area contributed by atoms with Gasteiger partial charge in [0.25, 0.3) is 0 Å². The molecule has 0 saturated heterocycles. The van der Waals surface area contributed by atoms with Crippen molar-refractivity contribution in [2.75, 3.05) is 27.3 Å². The van der Waals surface area contributed by atoms with E-state index in [4.69, 9.17) is 9.84 Å². The molecule has 2 amide bonds. The van der Waals surface area contributed by atoms with Crippen molar-refractivity contribution in [3.8, 4) is 0 Å². The van der Waals surface area contributed by atoms with Crippen LogP contribution in [0.1, 0.15) is 16.1 Å². The smallest absolute Gasteiger partial charge is 0.354 e. The number of pyridine rings is 1. The molecule has 0 aliphatic heterocycles. The number of nitrogens with zero attached hydrogens (tertiary/aromatic N) is 2. The van der Waals surface area contributed by atoms with Crippen molar-refractivity contribution in [1.29, 1.82) is 0 Å². The zero-order valence-electron chi connectivity index (χ0n) is 11.9. The van der Waals surface area contributed by atoms with Gasteiger partial charge in [0.15, 0.2) is 0 Å². The molecule has 1 heterocycles. The second-order valence-electron chi connectivity index (χ2n) is 4.51. The number of likely N-dealkylation sites (N-methyl/N-ethyl adjacent to an activating group) is 1. The molecule has 1 unspecified atom stereocenters. The summed E-state index contributed by atoms with van der Waals surface area (Å²) in [5, 5.41) is 20.9. The van der Waals surface area contributed by atoms with Gasteiger partial charge < -0.3 is 25.2 Å². The van der Waals surface area contributed by atoms with Gasteiger partial charge in [0.1, 0.15) is 5.69 Å². The molecule has 0 aromatic carbocycles. The van der Waals surface area contributed by atoms with Gasteiger partial charge in [0.2, 0.25) is 0 Å². The molecule has 0 radical (unpaired) electrons. The minimum absolute atomic E-state index is 0.0510. The van der Waals surface area contributed by atoms with E-state index in [2.05, 4.69) is 10.3 Å². The summed E-state index contributed by atoms with van der Waals surface area (Å²) in [6.45, 7) is 0.518. The van der Waals surface area contributed by atoms with E-state index >= 15 is 0 Å². The van der Waals surface area contributed by atoms with Crippen LogP contribution in [0.4, 0.5) is 4.79 Å². The molecule has 0 aliphatic carbocycles. The number of nitrogens with one attached hydrogen (secondary N) is 1. The van der Waals surface area contributed by atoms with E-state index in [-0.39, 0.29) is 31.4 Å². The summed E-state index contributed by atoms with van der Waals surface area (Å²) in [7, 11) is 3.02. The lowest BCUT2D eigenvalue weighted by Gasteiger charge is -2.20. The first-order valence-electron chi connectivity index (χ1n) is 6.28. The third-order valence-corrected chi connectivity index (χ3v) is 2.68. The predicted octanol–water partition coefficient (Wildman–Crippen LogP) is -0.0715. The zero-order chi connectivity index (χ0) is 15.8. The third kappa shape index (κ3) is 5.76. The van der Waals surface area contributed by atoms with Crippen LogP contribution >= 0.6 is 0 Å². The maximum absolute atomic E-state index is 11.8. The van der Waals surface area contributed by atoms with Crippen molar-refractivity contribution < 1.29 is 24.5 Å². The van der Waals surface area contributed by atoms with Gasteiger partial charge in [-0.1, -0.05) is 6.07 Å². The standard InChI is InChI=1S/C13H19N3O5/c1-16(7-10(17)8-21-2)13(20)15-6-9-3-4-11(12(18)19)14-5-9/h3-5,10,17H,6-8H2,1-2H3,(H,15,20)(H,18,19). The van der Waals surface area contributed by atoms with Gasteiger partial charge in [-0.05, 0) is 11.6 Å². The Hall–Kier alpha value is -2.19. The summed E-state index contributed by atoms with van der Waals surface area (Å²) in [6.07, 6.45) is 0.644. The van der Waals surface area contributed by atoms with Crippen LogP contribution in [0.3, 0.4) is 0 Å². The first-order valence-corrected chi connectivity index (χ1v) is 6.28. The Balaban J connectivity index is 2.43. The van der Waals surface area contributed by atoms with Crippen LogP contribution in [0.2, 0.25) is 0 Å². The molecule has 0 saturated carbocycles. The first kappa shape index (κ1) is 16.9. The number of carbonyl (C=O) groups excluding carboxylic acids is 1. The summed E-state index contributed by atoms with van der Waals surface area (Å²) in [5.41, 5.74) is 0.629. The second kappa shape index (κ2) is 8.18. The van der Waals surface area contributed by atoms with Crippen molar-refractivity contribution in [2.45, 2.75) is 12.6 Å². The molecule has 1 atom stereocenters. The fourth-order valence-electron chi connectivity index (χ4n) is 1.61. The average molecular weight is 297 g/mol. The molecule has 8 nitrogen and oxygen atoms in total. The normalized spacial score (nSPS) is 11.8. The number of aromatic nitrogens is 1. The number of methoxy groups -OCH3 is 1. The quantitative estimate of drug-likeness (QED) is 0.649. The zero-order valence-corrected chi connectivity index (χ0v) is 11.9. The van der Waals surface area contributed by atoms with Gasteiger partial charge in [-0.2, -0.15) is 0 Å². The van der Waals surface area contributed by atoms with Gasteiger partial charge in [0, 0.05) is 26.9 Å². The fraction of sp³-hybridized carbons (Fsp3) is 0.462. The van der Waals surface area contributed by atoms with Crippen molar-refractivity contribution in [3.63, 3.8) is 0 Å². The summed E-state index contributed by atoms with van der Waals surface area (Å²) in [4.78, 5) is 27.5. The highest BCUT2D eigenvalue weighted by Crippen LogP contribution is 2.01. The minimum Gasteiger partial charge on any atom is -0.477 e. The highest BCUT2D eigenvalue weighted by molar-refractivity contribution is 5.85. The minimum atomic E-state index is -1.10. The maximum atomic E-state index is 11.8. The number of urea groups is 1. The molecular weight excluding hydrogens is 278 g/mol. The number of carboxylic acids is 1. The monoisotopic (exact) mass is 297 g/mol. The predicted molar refractivity (Wildman–Crippen MR) is 73.9 cm³/mol. The van der Waals surface area contributed by atoms with Gasteiger partial charge in [-0.15, -0.1) is 0 Å². The van der Waals surface area contributed by atoms with Crippen LogP contribution in [-0.4, -0.2) is 65.5 Å². The largest absolute Gasteiger partial charge is 0.477 e. The number of rotatable bonds is 7. The number of carbonyl (C=O) groups is 2. The lowest BCUT2D eigenvalue weighted by atomic mass is 10.2. The van der Waals surface area contributed by atoms with E-state index in [9.17, 15) is 14.7 Å². The number of amides is 2. The van der Waals surface area contributed by atoms with Crippen LogP contribution in [0.25, 0.3) is 0 Å². The molecule has 0 spiro atoms. The summed E-state index contributed by atoms with van der Waals surface area (Å²) >= 11 is 0. The van der Waals surface area contributed by atoms with Crippen LogP contribution < -0.4 is 5.32 Å². The summed E-state index contributed by atoms with van der Waals surface area (Å²) in [5.74, 6) is -1.10. The second-order valence-corrected chi connectivity index (χ2v) is 4.51. The lowest BCUT2D eigenvalue weighted by Crippen LogP contribution is -2.42. The molecule has 0 fully saturated rings. The summed E-state index contributed by atoms with van der Waals surface area (Å²) < 4.78 is 4.78. The molecule has 1 aromatic rings. The number of aliphatic hydroxyl groups is 1. The number of hydrogen-bond donors (Lipinski definition) is 3. The molecule has 0 aliphatic rings. The Morgan fingerprint density at radius 2 is 2.19 bits per heavy atom. The van der Waals surface area contributed by atoms with Crippen molar-refractivity contribution >= 4 is 12.0 Å². The molecular formula is C13H19N3O5. The number of aliphatic hydroxyl groups excluding tert-OH is 1. The topological polar surface area (TPSA) is 112 Å². The fourth-order valence-corrected chi connectivity index (χ4v) is 1.61. The molecule has 21 heavy (non-hydrogen) atoms. The van der Waals surface area contributed by atoms with Gasteiger partial charge in [0.05, 0.1) is 19.3 Å². The van der Waals surface area contributed by atoms with Crippen molar-refractivity contribution in [1.82, 2.24) is 15.2 Å². The number of ether oxygens (including phenoxy) is 1. The van der Waals surface area contributed by atoms with E-state index < -0.39 is 12.1 Å². The molecule has 0 bridgehead atoms. The van der Waals surface area contributed by atoms with Gasteiger partial charge >= 0.3 is 12.0 Å². The molecule has 1 rings (SSSR count). The Kier molecular flexibility index (Phi) is 6.57. The lowest BCUT2D eigenvalue weighted by molar-refractivity contribution is 0.0489. The van der Waals surface area contributed by atoms with Gasteiger partial charge in [-0.3, -0.25) is 0 Å². The van der Waals surface area contributed by atoms with E-state index in [1.165, 1.54) is 24.3 Å². The van der Waals surface area contributed by atoms with Crippen LogP contribution in [-0.2, 0) is 11.3 Å². The summed E-state index contributed by atoms with van der Waals surface area (Å²) in [6, 6.07) is 2.60. The van der Waals surface area contributed by atoms with Crippen LogP contribution in [0.15, 0.2) is 18.3 Å². The van der Waals surface area contributed by atoms with E-state index in [1.807, 2.05) is 0 Å². The average Bonchev–Trinajstić information content (AvgIpc) is 2.45. The van der Waals surface area contributed by atoms with Crippen molar-refractivity contribution in [2.24, 2.45) is 0 Å². The highest BCUT2D eigenvalue weighted by atomic mass is 16.5. The first-order chi connectivity index (χ1) is 9.93. The van der Waals surface area contributed by atoms with Crippen LogP contribution in [0, 0.1) is 0 Å². The molecule has 3 N–H and O–H groups in total. The number of aromatic carboxylic acids is 1. The van der Waals surface area contributed by atoms with Gasteiger partial charge in [-0.25, -0.2) is 14.6 Å². The Bertz CT molecular complexity index is 477. The molecule has 1 aromatic heterocycles. The Morgan fingerprint density at radius 3 is 2.71 bits per heavy atom. The maximum Gasteiger partial charge on any atom is 0.354 e. The molecule has 116 valence electrons. The number of hydrogen-bond acceptors (Lipinski definition) is 5.